The zero-order valence-corrected chi connectivity index (χ0v) is 25.0. The number of nitrogens with one attached hydrogen (secondary N) is 1. The van der Waals surface area contributed by atoms with Gasteiger partial charge >= 0.3 is 0 Å². The molecule has 0 unspecified atom stereocenters. The van der Waals surface area contributed by atoms with Crippen molar-refractivity contribution in [2.75, 3.05) is 69.0 Å². The summed E-state index contributed by atoms with van der Waals surface area (Å²) in [5.41, 5.74) is 14.9. The molecule has 0 atom stereocenters. The molecule has 2 amide bonds. The molecular weight excluding hydrogens is 582 g/mol. The van der Waals surface area contributed by atoms with E-state index in [9.17, 15) is 9.59 Å². The van der Waals surface area contributed by atoms with Crippen LogP contribution in [-0.2, 0) is 33.9 Å². The first-order valence-corrected chi connectivity index (χ1v) is 14.4. The topological polar surface area (TPSA) is 195 Å². The smallest absolute Gasteiger partial charge is 0.290 e. The van der Waals surface area contributed by atoms with Gasteiger partial charge in [-0.2, -0.15) is 0 Å². The quantitative estimate of drug-likeness (QED) is 0.213. The maximum atomic E-state index is 13.8. The van der Waals surface area contributed by atoms with Crippen molar-refractivity contribution in [2.45, 2.75) is 33.5 Å². The van der Waals surface area contributed by atoms with Crippen LogP contribution >= 0.6 is 11.6 Å². The Hall–Kier alpha value is -4.21. The van der Waals surface area contributed by atoms with Crippen LogP contribution in [0.5, 0.6) is 0 Å². The van der Waals surface area contributed by atoms with Gasteiger partial charge < -0.3 is 41.2 Å². The number of carbonyl (C=O) groups excluding carboxylic acids is 2. The second-order valence-electron chi connectivity index (χ2n) is 9.69. The van der Waals surface area contributed by atoms with Crippen molar-refractivity contribution >= 4 is 58.2 Å². The molecule has 3 aromatic rings. The number of imidazole rings is 1. The average molecular weight is 619 g/mol. The third-order valence-electron chi connectivity index (χ3n) is 7.34. The van der Waals surface area contributed by atoms with Gasteiger partial charge in [-0.1, -0.05) is 11.6 Å². The number of halogens is 1. The van der Waals surface area contributed by atoms with Crippen molar-refractivity contribution < 1.29 is 33.5 Å². The summed E-state index contributed by atoms with van der Waals surface area (Å²) >= 11 is 5.98. The van der Waals surface area contributed by atoms with E-state index >= 15 is 0 Å². The summed E-state index contributed by atoms with van der Waals surface area (Å²) in [7, 11) is 0. The van der Waals surface area contributed by atoms with E-state index < -0.39 is 5.91 Å². The number of carbonyl (C=O) groups is 3. The predicted octanol–water partition coefficient (Wildman–Crippen LogP) is 0.516. The lowest BCUT2D eigenvalue weighted by atomic mass is 10.1. The summed E-state index contributed by atoms with van der Waals surface area (Å²) in [6.45, 7) is 10.1. The number of ether oxygens (including phenoxy) is 2. The largest absolute Gasteiger partial charge is 0.483 e. The third kappa shape index (κ3) is 6.73. The Balaban J connectivity index is 0.00000135. The number of morpholine rings is 2. The Morgan fingerprint density at radius 2 is 1.70 bits per heavy atom. The lowest BCUT2D eigenvalue weighted by molar-refractivity contribution is -0.676. The molecule has 5 rings (SSSR count). The molecule has 0 saturated carbocycles. The Morgan fingerprint density at radius 1 is 1.07 bits per heavy atom. The van der Waals surface area contributed by atoms with E-state index in [0.29, 0.717) is 71.3 Å². The molecule has 6 N–H and O–H groups in total. The molecule has 43 heavy (non-hydrogen) atoms. The fraction of sp³-hybridized carbons (Fsp3) is 0.481. The molecule has 1 aromatic carbocycles. The van der Waals surface area contributed by atoms with Crippen LogP contribution in [0.2, 0.25) is 5.15 Å². The van der Waals surface area contributed by atoms with Crippen LogP contribution in [0, 0.1) is 0 Å². The summed E-state index contributed by atoms with van der Waals surface area (Å²) in [5.74, 6) is 0.206. The first kappa shape index (κ1) is 31.7. The minimum absolute atomic E-state index is 0.0114. The number of fused-ring (bicyclic) bond motifs is 1. The molecule has 15 nitrogen and oxygen atoms in total. The van der Waals surface area contributed by atoms with Gasteiger partial charge in [0.15, 0.2) is 33.5 Å². The number of aryl methyl sites for hydroxylation is 2. The monoisotopic (exact) mass is 618 g/mol. The Labute approximate surface area is 253 Å². The highest BCUT2D eigenvalue weighted by molar-refractivity contribution is 6.31. The highest BCUT2D eigenvalue weighted by atomic mass is 35.5. The van der Waals surface area contributed by atoms with Gasteiger partial charge in [-0.25, -0.2) is 19.1 Å². The standard InChI is InChI=1S/C26H34ClN9O4.CH2O2/c1-3-35-18-13-16(26(38)34-7-11-40-12-8-34)17(33-5-9-39-10-6-33)14-19(18)36(4-2)20(35)15-30-25(37)21-23(28)32-24(29)22(27)31-21;2-1-3/h13-14H,3-12,15H2,1-2H3,(H4-,28,29,30,32,37);1H,(H,2,3)/p+1. The number of benzene rings is 1. The van der Waals surface area contributed by atoms with Crippen molar-refractivity contribution in [1.29, 1.82) is 0 Å². The molecule has 2 saturated heterocycles. The normalized spacial score (nSPS) is 15.1. The van der Waals surface area contributed by atoms with Crippen LogP contribution < -0.4 is 26.3 Å². The fourth-order valence-electron chi connectivity index (χ4n) is 5.34. The van der Waals surface area contributed by atoms with E-state index in [1.165, 1.54) is 0 Å². The Kier molecular flexibility index (Phi) is 10.6. The number of hydrogen-bond acceptors (Lipinski definition) is 10. The van der Waals surface area contributed by atoms with Gasteiger partial charge in [0.05, 0.1) is 50.8 Å². The third-order valence-corrected chi connectivity index (χ3v) is 7.62. The average Bonchev–Trinajstić information content (AvgIpc) is 3.33. The van der Waals surface area contributed by atoms with Crippen LogP contribution in [0.3, 0.4) is 0 Å². The van der Waals surface area contributed by atoms with E-state index in [4.69, 9.17) is 42.4 Å². The molecule has 2 aliphatic rings. The van der Waals surface area contributed by atoms with Gasteiger partial charge in [0.2, 0.25) is 0 Å². The van der Waals surface area contributed by atoms with Crippen molar-refractivity contribution in [3.05, 3.63) is 34.4 Å². The van der Waals surface area contributed by atoms with Gasteiger partial charge in [-0.3, -0.25) is 14.4 Å². The minimum Gasteiger partial charge on any atom is -0.483 e. The maximum absolute atomic E-state index is 13.8. The number of hydrogen-bond donors (Lipinski definition) is 4. The molecule has 2 aromatic heterocycles. The molecule has 16 heteroatoms. The first-order valence-electron chi connectivity index (χ1n) is 14.0. The lowest BCUT2D eigenvalue weighted by Gasteiger charge is -2.32. The maximum Gasteiger partial charge on any atom is 0.290 e. The van der Waals surface area contributed by atoms with Gasteiger partial charge in [0, 0.05) is 38.3 Å². The molecule has 2 aliphatic heterocycles. The number of aromatic nitrogens is 4. The first-order chi connectivity index (χ1) is 20.7. The van der Waals surface area contributed by atoms with Gasteiger partial charge in [0.25, 0.3) is 24.1 Å². The molecule has 232 valence electrons. The number of anilines is 3. The number of amides is 2. The van der Waals surface area contributed by atoms with E-state index in [-0.39, 0.29) is 41.4 Å². The van der Waals surface area contributed by atoms with Gasteiger partial charge in [-0.15, -0.1) is 0 Å². The minimum atomic E-state index is -0.514. The zero-order valence-electron chi connectivity index (χ0n) is 24.2. The highest BCUT2D eigenvalue weighted by Crippen LogP contribution is 2.30. The molecular formula is C27H37ClN9O6+. The van der Waals surface area contributed by atoms with Crippen molar-refractivity contribution in [1.82, 2.24) is 24.8 Å². The molecule has 2 fully saturated rings. The molecule has 0 radical (unpaired) electrons. The number of nitrogens with two attached hydrogens (primary N) is 2. The summed E-state index contributed by atoms with van der Waals surface area (Å²) in [6, 6.07) is 4.08. The van der Waals surface area contributed by atoms with Gasteiger partial charge in [-0.05, 0) is 13.8 Å². The number of rotatable bonds is 7. The zero-order chi connectivity index (χ0) is 31.1. The SMILES string of the molecule is CCn1c(CNC(=O)c2nc(Cl)c(N)nc2N)[n+](CC)c2cc(N3CCOCC3)c(C(=O)N3CCOCC3)cc21.O=CO. The van der Waals surface area contributed by atoms with Crippen molar-refractivity contribution in [3.8, 4) is 0 Å². The number of nitrogens with zero attached hydrogens (tertiary/aromatic N) is 6. The van der Waals surface area contributed by atoms with Crippen LogP contribution in [-0.4, -0.2) is 95.4 Å². The van der Waals surface area contributed by atoms with Crippen molar-refractivity contribution in [2.24, 2.45) is 0 Å². The molecule has 0 spiro atoms. The van der Waals surface area contributed by atoms with E-state index in [2.05, 4.69) is 42.3 Å². The second kappa shape index (κ2) is 14.3. The number of carboxylic acid groups (broad SMARTS) is 1. The molecule has 0 bridgehead atoms. The van der Waals surface area contributed by atoms with Crippen LogP contribution in [0.25, 0.3) is 11.0 Å². The van der Waals surface area contributed by atoms with Crippen molar-refractivity contribution in [3.63, 3.8) is 0 Å². The van der Waals surface area contributed by atoms with E-state index in [1.807, 2.05) is 17.9 Å². The van der Waals surface area contributed by atoms with Crippen LogP contribution in [0.15, 0.2) is 12.1 Å². The summed E-state index contributed by atoms with van der Waals surface area (Å²) in [6.07, 6.45) is 0. The van der Waals surface area contributed by atoms with E-state index in [1.54, 1.807) is 0 Å². The predicted molar refractivity (Wildman–Crippen MR) is 159 cm³/mol. The van der Waals surface area contributed by atoms with Crippen LogP contribution in [0.1, 0.15) is 40.5 Å². The van der Waals surface area contributed by atoms with Crippen LogP contribution in [0.4, 0.5) is 17.3 Å². The highest BCUT2D eigenvalue weighted by Gasteiger charge is 2.31. The lowest BCUT2D eigenvalue weighted by Crippen LogP contribution is -2.43. The second-order valence-corrected chi connectivity index (χ2v) is 10.0. The summed E-state index contributed by atoms with van der Waals surface area (Å²) in [5, 5.41) is 9.71. The summed E-state index contributed by atoms with van der Waals surface area (Å²) in [4.78, 5) is 47.2. The fourth-order valence-corrected chi connectivity index (χ4v) is 5.47. The molecule has 0 aliphatic carbocycles. The Bertz CT molecular complexity index is 1490. The Morgan fingerprint density at radius 3 is 2.30 bits per heavy atom. The van der Waals surface area contributed by atoms with Gasteiger partial charge in [0.1, 0.15) is 6.54 Å². The molecule has 4 heterocycles. The summed E-state index contributed by atoms with van der Waals surface area (Å²) < 4.78 is 15.3. The van der Waals surface area contributed by atoms with E-state index in [0.717, 1.165) is 22.5 Å². The number of nitrogen functional groups attached to an aromatic ring is 2.